The van der Waals surface area contributed by atoms with E-state index in [1.807, 2.05) is 23.1 Å². The van der Waals surface area contributed by atoms with E-state index in [0.29, 0.717) is 32.5 Å². The Bertz CT molecular complexity index is 714. The summed E-state index contributed by atoms with van der Waals surface area (Å²) in [5.41, 5.74) is 7.40. The van der Waals surface area contributed by atoms with Crippen LogP contribution < -0.4 is 10.5 Å². The number of halogens is 2. The minimum atomic E-state index is -0.384. The number of amides is 1. The van der Waals surface area contributed by atoms with E-state index in [2.05, 4.69) is 12.1 Å². The summed E-state index contributed by atoms with van der Waals surface area (Å²) in [7, 11) is 0. The van der Waals surface area contributed by atoms with Crippen molar-refractivity contribution in [1.29, 1.82) is 0 Å². The quantitative estimate of drug-likeness (QED) is 0.784. The van der Waals surface area contributed by atoms with Gasteiger partial charge < -0.3 is 15.4 Å². The number of para-hydroxylation sites is 1. The lowest BCUT2D eigenvalue weighted by molar-refractivity contribution is -0.130. The van der Waals surface area contributed by atoms with Gasteiger partial charge in [0.1, 0.15) is 0 Å². The van der Waals surface area contributed by atoms with E-state index in [0.717, 1.165) is 0 Å². The van der Waals surface area contributed by atoms with Gasteiger partial charge in [-0.05, 0) is 24.1 Å². The van der Waals surface area contributed by atoms with E-state index >= 15 is 0 Å². The Hall–Kier alpha value is -2.11. The van der Waals surface area contributed by atoms with Crippen LogP contribution in [0, 0.1) is 5.82 Å². The molecule has 2 atom stereocenters. The van der Waals surface area contributed by atoms with E-state index in [1.54, 1.807) is 18.2 Å². The van der Waals surface area contributed by atoms with Crippen LogP contribution in [0.3, 0.4) is 0 Å². The van der Waals surface area contributed by atoms with Crippen molar-refractivity contribution in [3.05, 3.63) is 66.0 Å². The predicted molar refractivity (Wildman–Crippen MR) is 102 cm³/mol. The molecule has 3 rings (SSSR count). The minimum absolute atomic E-state index is 0. The Kier molecular flexibility index (Phi) is 7.42. The molecule has 1 aliphatic rings. The number of likely N-dealkylation sites (tertiary alicyclic amines) is 1. The lowest BCUT2D eigenvalue weighted by Gasteiger charge is -2.16. The van der Waals surface area contributed by atoms with Crippen molar-refractivity contribution in [2.24, 2.45) is 5.73 Å². The summed E-state index contributed by atoms with van der Waals surface area (Å²) in [5, 5.41) is 0. The Morgan fingerprint density at radius 3 is 2.54 bits per heavy atom. The smallest absolute Gasteiger partial charge is 0.222 e. The van der Waals surface area contributed by atoms with Crippen LogP contribution in [-0.4, -0.2) is 36.5 Å². The van der Waals surface area contributed by atoms with Crippen LogP contribution >= 0.6 is 12.4 Å². The molecule has 26 heavy (non-hydrogen) atoms. The van der Waals surface area contributed by atoms with Gasteiger partial charge in [-0.1, -0.05) is 42.5 Å². The molecule has 0 saturated carbocycles. The molecule has 0 aliphatic carbocycles. The number of nitrogens with zero attached hydrogens (tertiary/aromatic N) is 1. The molecule has 2 N–H and O–H groups in total. The monoisotopic (exact) mass is 378 g/mol. The van der Waals surface area contributed by atoms with Crippen LogP contribution in [0.5, 0.6) is 5.75 Å². The van der Waals surface area contributed by atoms with Gasteiger partial charge in [0.05, 0.1) is 6.61 Å². The van der Waals surface area contributed by atoms with Crippen LogP contribution in [0.25, 0.3) is 0 Å². The SMILES string of the molecule is Cl.N[C@@H]1CN(C(=O)CCCOc2ccccc2F)C[C@H]1c1ccccc1. The molecule has 0 unspecified atom stereocenters. The molecular formula is C20H24ClFN2O2. The zero-order valence-corrected chi connectivity index (χ0v) is 15.3. The van der Waals surface area contributed by atoms with Gasteiger partial charge in [-0.15, -0.1) is 12.4 Å². The number of carbonyl (C=O) groups is 1. The van der Waals surface area contributed by atoms with Gasteiger partial charge in [0.25, 0.3) is 0 Å². The molecule has 0 aromatic heterocycles. The third kappa shape index (κ3) is 4.96. The van der Waals surface area contributed by atoms with Gasteiger partial charge in [-0.25, -0.2) is 4.39 Å². The predicted octanol–water partition coefficient (Wildman–Crippen LogP) is 3.36. The summed E-state index contributed by atoms with van der Waals surface area (Å²) in [6, 6.07) is 16.3. The molecule has 1 amide bonds. The first-order valence-electron chi connectivity index (χ1n) is 8.61. The van der Waals surface area contributed by atoms with E-state index in [1.165, 1.54) is 11.6 Å². The maximum atomic E-state index is 13.5. The molecule has 0 radical (unpaired) electrons. The Labute approximate surface area is 159 Å². The highest BCUT2D eigenvalue weighted by atomic mass is 35.5. The second kappa shape index (κ2) is 9.55. The van der Waals surface area contributed by atoms with Gasteiger partial charge >= 0.3 is 0 Å². The number of benzene rings is 2. The fourth-order valence-electron chi connectivity index (χ4n) is 3.21. The van der Waals surface area contributed by atoms with Crippen molar-refractivity contribution in [2.75, 3.05) is 19.7 Å². The average Bonchev–Trinajstić information content (AvgIpc) is 3.02. The van der Waals surface area contributed by atoms with E-state index < -0.39 is 0 Å². The van der Waals surface area contributed by atoms with Gasteiger partial charge in [-0.2, -0.15) is 0 Å². The van der Waals surface area contributed by atoms with Crippen LogP contribution in [0.15, 0.2) is 54.6 Å². The lowest BCUT2D eigenvalue weighted by atomic mass is 9.95. The topological polar surface area (TPSA) is 55.6 Å². The molecule has 1 heterocycles. The van der Waals surface area contributed by atoms with Gasteiger partial charge in [-0.3, -0.25) is 4.79 Å². The maximum absolute atomic E-state index is 13.5. The molecule has 1 saturated heterocycles. The van der Waals surface area contributed by atoms with E-state index in [4.69, 9.17) is 10.5 Å². The molecule has 1 aliphatic heterocycles. The van der Waals surface area contributed by atoms with Crippen LogP contribution in [0.1, 0.15) is 24.3 Å². The lowest BCUT2D eigenvalue weighted by Crippen LogP contribution is -2.32. The number of hydrogen-bond donors (Lipinski definition) is 1. The fourth-order valence-corrected chi connectivity index (χ4v) is 3.21. The molecule has 6 heteroatoms. The average molecular weight is 379 g/mol. The third-order valence-electron chi connectivity index (χ3n) is 4.57. The van der Waals surface area contributed by atoms with Crippen LogP contribution in [-0.2, 0) is 4.79 Å². The third-order valence-corrected chi connectivity index (χ3v) is 4.57. The fraction of sp³-hybridized carbons (Fsp3) is 0.350. The largest absolute Gasteiger partial charge is 0.491 e. The minimum Gasteiger partial charge on any atom is -0.491 e. The summed E-state index contributed by atoms with van der Waals surface area (Å²) >= 11 is 0. The molecule has 0 spiro atoms. The standard InChI is InChI=1S/C20H23FN2O2.ClH/c21-17-9-4-5-10-19(17)25-12-6-11-20(24)23-13-16(18(22)14-23)15-7-2-1-3-8-15;/h1-5,7-10,16,18H,6,11-14,22H2;1H/t16-,18+;/m0./s1. The number of nitrogens with two attached hydrogens (primary N) is 1. The highest BCUT2D eigenvalue weighted by Gasteiger charge is 2.33. The van der Waals surface area contributed by atoms with Gasteiger partial charge in [0.15, 0.2) is 11.6 Å². The second-order valence-corrected chi connectivity index (χ2v) is 6.36. The maximum Gasteiger partial charge on any atom is 0.222 e. The Morgan fingerprint density at radius 2 is 1.81 bits per heavy atom. The summed E-state index contributed by atoms with van der Waals surface area (Å²) in [4.78, 5) is 14.2. The highest BCUT2D eigenvalue weighted by molar-refractivity contribution is 5.85. The second-order valence-electron chi connectivity index (χ2n) is 6.36. The molecule has 4 nitrogen and oxygen atoms in total. The summed E-state index contributed by atoms with van der Waals surface area (Å²) in [6.07, 6.45) is 0.928. The van der Waals surface area contributed by atoms with Crippen molar-refractivity contribution < 1.29 is 13.9 Å². The van der Waals surface area contributed by atoms with Gasteiger partial charge in [0.2, 0.25) is 5.91 Å². The molecule has 0 bridgehead atoms. The molecule has 1 fully saturated rings. The zero-order chi connectivity index (χ0) is 17.6. The summed E-state index contributed by atoms with van der Waals surface area (Å²) in [5.74, 6) is 0.0955. The van der Waals surface area contributed by atoms with Gasteiger partial charge in [0, 0.05) is 31.5 Å². The molecule has 2 aromatic carbocycles. The summed E-state index contributed by atoms with van der Waals surface area (Å²) < 4.78 is 18.8. The number of ether oxygens (including phenoxy) is 1. The van der Waals surface area contributed by atoms with Crippen molar-refractivity contribution in [3.8, 4) is 5.75 Å². The first-order valence-corrected chi connectivity index (χ1v) is 8.61. The Balaban J connectivity index is 0.00000243. The van der Waals surface area contributed by atoms with Crippen molar-refractivity contribution in [1.82, 2.24) is 4.90 Å². The number of carbonyl (C=O) groups excluding carboxylic acids is 1. The summed E-state index contributed by atoms with van der Waals surface area (Å²) in [6.45, 7) is 1.54. The number of rotatable bonds is 6. The van der Waals surface area contributed by atoms with Crippen molar-refractivity contribution in [3.63, 3.8) is 0 Å². The molecular weight excluding hydrogens is 355 g/mol. The molecule has 140 valence electrons. The molecule has 2 aromatic rings. The normalized spacial score (nSPS) is 19.1. The van der Waals surface area contributed by atoms with Crippen molar-refractivity contribution in [2.45, 2.75) is 24.8 Å². The number of hydrogen-bond acceptors (Lipinski definition) is 3. The zero-order valence-electron chi connectivity index (χ0n) is 14.5. The van der Waals surface area contributed by atoms with Crippen LogP contribution in [0.4, 0.5) is 4.39 Å². The van der Waals surface area contributed by atoms with Crippen molar-refractivity contribution >= 4 is 18.3 Å². The first kappa shape index (κ1) is 20.2. The van der Waals surface area contributed by atoms with E-state index in [9.17, 15) is 9.18 Å². The first-order chi connectivity index (χ1) is 12.1. The van der Waals surface area contributed by atoms with E-state index in [-0.39, 0.29) is 41.8 Å². The highest BCUT2D eigenvalue weighted by Crippen LogP contribution is 2.26. The Morgan fingerprint density at radius 1 is 1.12 bits per heavy atom. The van der Waals surface area contributed by atoms with Crippen LogP contribution in [0.2, 0.25) is 0 Å².